The van der Waals surface area contributed by atoms with Gasteiger partial charge in [0.1, 0.15) is 11.6 Å². The van der Waals surface area contributed by atoms with Crippen molar-refractivity contribution in [2.24, 2.45) is 4.99 Å². The highest BCUT2D eigenvalue weighted by atomic mass is 127. The molecule has 162 valence electrons. The molecule has 1 saturated carbocycles. The van der Waals surface area contributed by atoms with E-state index in [-0.39, 0.29) is 41.0 Å². The van der Waals surface area contributed by atoms with E-state index in [1.165, 1.54) is 12.1 Å². The van der Waals surface area contributed by atoms with Crippen molar-refractivity contribution in [1.82, 2.24) is 10.6 Å². The van der Waals surface area contributed by atoms with E-state index in [0.717, 1.165) is 56.0 Å². The van der Waals surface area contributed by atoms with Gasteiger partial charge in [0.05, 0.1) is 0 Å². The maximum absolute atomic E-state index is 14.2. The molecule has 0 amide bonds. The summed E-state index contributed by atoms with van der Waals surface area (Å²) < 4.78 is 27.7. The van der Waals surface area contributed by atoms with E-state index in [9.17, 15) is 8.78 Å². The Kier molecular flexibility index (Phi) is 7.55. The van der Waals surface area contributed by atoms with Crippen molar-refractivity contribution >= 4 is 35.6 Å². The molecule has 30 heavy (non-hydrogen) atoms. The fourth-order valence-corrected chi connectivity index (χ4v) is 4.18. The van der Waals surface area contributed by atoms with Crippen LogP contribution in [0.25, 0.3) is 0 Å². The van der Waals surface area contributed by atoms with Gasteiger partial charge in [-0.05, 0) is 55.5 Å². The molecule has 1 aliphatic heterocycles. The van der Waals surface area contributed by atoms with Crippen molar-refractivity contribution in [2.45, 2.75) is 37.1 Å². The summed E-state index contributed by atoms with van der Waals surface area (Å²) >= 11 is 0. The molecule has 7 heteroatoms. The molecule has 0 unspecified atom stereocenters. The van der Waals surface area contributed by atoms with E-state index < -0.39 is 0 Å². The number of anilines is 1. The lowest BCUT2D eigenvalue weighted by atomic mass is 9.95. The Morgan fingerprint density at radius 1 is 1.10 bits per heavy atom. The van der Waals surface area contributed by atoms with Crippen LogP contribution in [0.15, 0.2) is 53.5 Å². The minimum absolute atomic E-state index is 0. The van der Waals surface area contributed by atoms with Gasteiger partial charge in [-0.25, -0.2) is 8.78 Å². The van der Waals surface area contributed by atoms with Crippen molar-refractivity contribution in [3.8, 4) is 0 Å². The molecule has 1 saturated heterocycles. The van der Waals surface area contributed by atoms with Crippen LogP contribution in [0.3, 0.4) is 0 Å². The summed E-state index contributed by atoms with van der Waals surface area (Å²) in [5.41, 5.74) is 1.61. The third-order valence-corrected chi connectivity index (χ3v) is 6.13. The Morgan fingerprint density at radius 2 is 1.83 bits per heavy atom. The molecule has 0 atom stereocenters. The van der Waals surface area contributed by atoms with E-state index in [1.807, 2.05) is 18.2 Å². The highest BCUT2D eigenvalue weighted by molar-refractivity contribution is 14.0. The molecule has 4 rings (SSSR count). The van der Waals surface area contributed by atoms with E-state index in [1.54, 1.807) is 25.2 Å². The van der Waals surface area contributed by atoms with Crippen LogP contribution in [0.4, 0.5) is 14.5 Å². The fraction of sp³-hybridized carbons (Fsp3) is 0.435. The molecule has 0 aromatic heterocycles. The summed E-state index contributed by atoms with van der Waals surface area (Å²) in [6.45, 7) is 2.42. The van der Waals surface area contributed by atoms with Crippen LogP contribution in [-0.4, -0.2) is 38.7 Å². The first kappa shape index (κ1) is 22.8. The van der Waals surface area contributed by atoms with Gasteiger partial charge >= 0.3 is 0 Å². The first-order valence-corrected chi connectivity index (χ1v) is 10.3. The number of hydrogen-bond donors (Lipinski definition) is 2. The molecule has 2 aromatic rings. The SMILES string of the molecule is CN=C(NCC1(c2ccccc2F)CC1)NC1CCN(c2cccc(F)c2)CC1.I. The lowest BCUT2D eigenvalue weighted by molar-refractivity contribution is 0.459. The average molecular weight is 526 g/mol. The number of hydrogen-bond acceptors (Lipinski definition) is 2. The quantitative estimate of drug-likeness (QED) is 0.344. The van der Waals surface area contributed by atoms with Gasteiger partial charge in [0.25, 0.3) is 0 Å². The van der Waals surface area contributed by atoms with Crippen LogP contribution in [0.5, 0.6) is 0 Å². The smallest absolute Gasteiger partial charge is 0.191 e. The van der Waals surface area contributed by atoms with Crippen LogP contribution < -0.4 is 15.5 Å². The number of nitrogens with zero attached hydrogens (tertiary/aromatic N) is 2. The molecule has 1 heterocycles. The second-order valence-corrected chi connectivity index (χ2v) is 8.07. The van der Waals surface area contributed by atoms with Gasteiger partial charge in [-0.2, -0.15) is 0 Å². The molecular weight excluding hydrogens is 497 g/mol. The lowest BCUT2D eigenvalue weighted by Crippen LogP contribution is -2.50. The highest BCUT2D eigenvalue weighted by Crippen LogP contribution is 2.48. The van der Waals surface area contributed by atoms with Crippen molar-refractivity contribution in [2.75, 3.05) is 31.6 Å². The Balaban J connectivity index is 0.00000256. The van der Waals surface area contributed by atoms with Gasteiger partial charge in [-0.15, -0.1) is 24.0 Å². The standard InChI is InChI=1S/C23H28F2N4.HI/c1-26-22(27-16-23(11-12-23)20-7-2-3-8-21(20)25)28-18-9-13-29(14-10-18)19-6-4-5-17(24)15-19;/h2-8,15,18H,9-14,16H2,1H3,(H2,26,27,28);1H. The van der Waals surface area contributed by atoms with Crippen LogP contribution in [-0.2, 0) is 5.41 Å². The molecule has 4 nitrogen and oxygen atoms in total. The molecule has 0 bridgehead atoms. The highest BCUT2D eigenvalue weighted by Gasteiger charge is 2.45. The first-order chi connectivity index (χ1) is 14.1. The van der Waals surface area contributed by atoms with Crippen molar-refractivity contribution in [3.63, 3.8) is 0 Å². The van der Waals surface area contributed by atoms with Gasteiger partial charge in [-0.3, -0.25) is 4.99 Å². The van der Waals surface area contributed by atoms with Crippen molar-refractivity contribution < 1.29 is 8.78 Å². The summed E-state index contributed by atoms with van der Waals surface area (Å²) in [6, 6.07) is 14.1. The minimum atomic E-state index is -0.198. The second-order valence-electron chi connectivity index (χ2n) is 8.07. The molecule has 2 fully saturated rings. The van der Waals surface area contributed by atoms with Gasteiger partial charge in [-0.1, -0.05) is 24.3 Å². The molecule has 1 aliphatic carbocycles. The van der Waals surface area contributed by atoms with Gasteiger partial charge < -0.3 is 15.5 Å². The third-order valence-electron chi connectivity index (χ3n) is 6.13. The van der Waals surface area contributed by atoms with E-state index in [0.29, 0.717) is 12.6 Å². The van der Waals surface area contributed by atoms with Crippen LogP contribution in [0, 0.1) is 11.6 Å². The molecule has 2 N–H and O–H groups in total. The average Bonchev–Trinajstić information content (AvgIpc) is 3.53. The Labute approximate surface area is 194 Å². The van der Waals surface area contributed by atoms with Crippen molar-refractivity contribution in [1.29, 1.82) is 0 Å². The predicted molar refractivity (Wildman–Crippen MR) is 129 cm³/mol. The summed E-state index contributed by atoms with van der Waals surface area (Å²) in [6.07, 6.45) is 3.89. The zero-order valence-electron chi connectivity index (χ0n) is 17.2. The minimum Gasteiger partial charge on any atom is -0.371 e. The monoisotopic (exact) mass is 526 g/mol. The third kappa shape index (κ3) is 5.22. The molecule has 0 radical (unpaired) electrons. The molecular formula is C23H29F2IN4. The normalized spacial score (nSPS) is 18.5. The summed E-state index contributed by atoms with van der Waals surface area (Å²) in [5, 5.41) is 6.90. The lowest BCUT2D eigenvalue weighted by Gasteiger charge is -2.34. The number of rotatable bonds is 5. The van der Waals surface area contributed by atoms with E-state index in [2.05, 4.69) is 20.5 Å². The predicted octanol–water partition coefficient (Wildman–Crippen LogP) is 4.45. The van der Waals surface area contributed by atoms with Crippen molar-refractivity contribution in [3.05, 3.63) is 65.7 Å². The number of halogens is 3. The van der Waals surface area contributed by atoms with E-state index in [4.69, 9.17) is 0 Å². The molecule has 0 spiro atoms. The van der Waals surface area contributed by atoms with Gasteiger partial charge in [0.2, 0.25) is 0 Å². The molecule has 2 aromatic carbocycles. The number of aliphatic imine (C=N–C) groups is 1. The number of benzene rings is 2. The van der Waals surface area contributed by atoms with E-state index >= 15 is 0 Å². The summed E-state index contributed by atoms with van der Waals surface area (Å²) in [5.74, 6) is 0.437. The Bertz CT molecular complexity index is 877. The second kappa shape index (κ2) is 9.94. The summed E-state index contributed by atoms with van der Waals surface area (Å²) in [4.78, 5) is 6.57. The molecule has 2 aliphatic rings. The van der Waals surface area contributed by atoms with Gasteiger partial charge in [0.15, 0.2) is 5.96 Å². The van der Waals surface area contributed by atoms with Crippen LogP contribution in [0.1, 0.15) is 31.2 Å². The largest absolute Gasteiger partial charge is 0.371 e. The van der Waals surface area contributed by atoms with Crippen LogP contribution >= 0.6 is 24.0 Å². The Hall–Kier alpha value is -1.90. The zero-order chi connectivity index (χ0) is 20.3. The first-order valence-electron chi connectivity index (χ1n) is 10.3. The maximum atomic E-state index is 14.2. The number of piperidine rings is 1. The maximum Gasteiger partial charge on any atom is 0.191 e. The summed E-state index contributed by atoms with van der Waals surface area (Å²) in [7, 11) is 1.76. The number of nitrogens with one attached hydrogen (secondary N) is 2. The van der Waals surface area contributed by atoms with Crippen LogP contribution in [0.2, 0.25) is 0 Å². The fourth-order valence-electron chi connectivity index (χ4n) is 4.18. The zero-order valence-corrected chi connectivity index (χ0v) is 19.5. The number of guanidine groups is 1. The topological polar surface area (TPSA) is 39.7 Å². The Morgan fingerprint density at radius 3 is 2.47 bits per heavy atom. The van der Waals surface area contributed by atoms with Gasteiger partial charge in [0, 0.05) is 43.8 Å².